The molecule has 0 aliphatic rings. The molecule has 0 saturated carbocycles. The molecule has 5 heteroatoms. The van der Waals surface area contributed by atoms with Crippen LogP contribution in [0.4, 0.5) is 4.39 Å². The van der Waals surface area contributed by atoms with E-state index in [4.69, 9.17) is 14.7 Å². The van der Waals surface area contributed by atoms with Crippen LogP contribution in [0, 0.1) is 5.82 Å². The average Bonchev–Trinajstić information content (AvgIpc) is 2.34. The molecule has 0 saturated heterocycles. The van der Waals surface area contributed by atoms with E-state index in [1.807, 2.05) is 13.8 Å². The monoisotopic (exact) mass is 255 g/mol. The zero-order chi connectivity index (χ0) is 13.5. The maximum atomic E-state index is 13.1. The van der Waals surface area contributed by atoms with E-state index in [9.17, 15) is 4.39 Å². The zero-order valence-corrected chi connectivity index (χ0v) is 10.8. The molecule has 0 heterocycles. The second kappa shape index (κ2) is 6.96. The molecular formula is C13H18FNO3. The number of hydrogen-bond donors (Lipinski definition) is 1. The van der Waals surface area contributed by atoms with Gasteiger partial charge in [-0.25, -0.2) is 4.39 Å². The van der Waals surface area contributed by atoms with Gasteiger partial charge in [-0.05, 0) is 39.0 Å². The van der Waals surface area contributed by atoms with Gasteiger partial charge < -0.3 is 14.7 Å². The molecule has 0 unspecified atom stereocenters. The summed E-state index contributed by atoms with van der Waals surface area (Å²) in [5.41, 5.74) is 0.733. The standard InChI is InChI=1S/C13H18FNO3/c1-9(2)17-6-7-18-13-5-4-11(14)8-12(13)10(3)15-16/h4-5,8-9,16H,6-7H2,1-3H3. The lowest BCUT2D eigenvalue weighted by atomic mass is 10.1. The lowest BCUT2D eigenvalue weighted by molar-refractivity contribution is 0.0552. The molecule has 0 radical (unpaired) electrons. The first-order chi connectivity index (χ1) is 8.54. The smallest absolute Gasteiger partial charge is 0.128 e. The van der Waals surface area contributed by atoms with Crippen LogP contribution in [-0.4, -0.2) is 30.2 Å². The first-order valence-electron chi connectivity index (χ1n) is 5.77. The summed E-state index contributed by atoms with van der Waals surface area (Å²) in [4.78, 5) is 0. The van der Waals surface area contributed by atoms with Crippen molar-refractivity contribution in [1.29, 1.82) is 0 Å². The van der Waals surface area contributed by atoms with Crippen molar-refractivity contribution >= 4 is 5.71 Å². The van der Waals surface area contributed by atoms with Gasteiger partial charge in [-0.2, -0.15) is 0 Å². The minimum Gasteiger partial charge on any atom is -0.490 e. The first kappa shape index (κ1) is 14.4. The number of oxime groups is 1. The van der Waals surface area contributed by atoms with Crippen molar-refractivity contribution < 1.29 is 19.1 Å². The highest BCUT2D eigenvalue weighted by Gasteiger charge is 2.09. The predicted octanol–water partition coefficient (Wildman–Crippen LogP) is 2.83. The van der Waals surface area contributed by atoms with Gasteiger partial charge in [-0.1, -0.05) is 5.16 Å². The van der Waals surface area contributed by atoms with Gasteiger partial charge in [-0.15, -0.1) is 0 Å². The van der Waals surface area contributed by atoms with Gasteiger partial charge in [0.1, 0.15) is 18.2 Å². The summed E-state index contributed by atoms with van der Waals surface area (Å²) in [6.45, 7) is 6.25. The fraction of sp³-hybridized carbons (Fsp3) is 0.462. The normalized spacial score (nSPS) is 11.9. The number of ether oxygens (including phenoxy) is 2. The number of nitrogens with zero attached hydrogens (tertiary/aromatic N) is 1. The van der Waals surface area contributed by atoms with Crippen LogP contribution in [0.5, 0.6) is 5.75 Å². The van der Waals surface area contributed by atoms with Crippen LogP contribution in [0.2, 0.25) is 0 Å². The van der Waals surface area contributed by atoms with Crippen molar-refractivity contribution in [3.8, 4) is 5.75 Å². The molecule has 18 heavy (non-hydrogen) atoms. The summed E-state index contributed by atoms with van der Waals surface area (Å²) in [6, 6.07) is 4.08. The van der Waals surface area contributed by atoms with Crippen molar-refractivity contribution in [2.24, 2.45) is 5.16 Å². The maximum Gasteiger partial charge on any atom is 0.128 e. The van der Waals surface area contributed by atoms with E-state index in [2.05, 4.69) is 5.16 Å². The fourth-order valence-corrected chi connectivity index (χ4v) is 1.40. The molecule has 1 rings (SSSR count). The van der Waals surface area contributed by atoms with Crippen LogP contribution >= 0.6 is 0 Å². The van der Waals surface area contributed by atoms with E-state index in [0.717, 1.165) is 0 Å². The molecule has 1 aromatic rings. The second-order valence-electron chi connectivity index (χ2n) is 4.09. The summed E-state index contributed by atoms with van der Waals surface area (Å²) in [6.07, 6.45) is 0.141. The quantitative estimate of drug-likeness (QED) is 0.368. The van der Waals surface area contributed by atoms with Gasteiger partial charge in [0.15, 0.2) is 0 Å². The van der Waals surface area contributed by atoms with Crippen LogP contribution in [0.25, 0.3) is 0 Å². The Bertz CT molecular complexity index is 419. The Morgan fingerprint density at radius 3 is 2.72 bits per heavy atom. The van der Waals surface area contributed by atoms with Crippen molar-refractivity contribution in [2.45, 2.75) is 26.9 Å². The summed E-state index contributed by atoms with van der Waals surface area (Å²) < 4.78 is 23.9. The molecule has 0 aromatic heterocycles. The molecule has 0 fully saturated rings. The predicted molar refractivity (Wildman–Crippen MR) is 67.0 cm³/mol. The van der Waals surface area contributed by atoms with E-state index >= 15 is 0 Å². The van der Waals surface area contributed by atoms with Crippen LogP contribution in [0.1, 0.15) is 26.3 Å². The first-order valence-corrected chi connectivity index (χ1v) is 5.77. The zero-order valence-electron chi connectivity index (χ0n) is 10.8. The van der Waals surface area contributed by atoms with E-state index in [1.54, 1.807) is 6.92 Å². The van der Waals surface area contributed by atoms with Crippen molar-refractivity contribution in [3.05, 3.63) is 29.6 Å². The highest BCUT2D eigenvalue weighted by Crippen LogP contribution is 2.20. The Labute approximate surface area is 106 Å². The lowest BCUT2D eigenvalue weighted by Crippen LogP contribution is -2.12. The fourth-order valence-electron chi connectivity index (χ4n) is 1.40. The van der Waals surface area contributed by atoms with Crippen LogP contribution in [0.15, 0.2) is 23.4 Å². The van der Waals surface area contributed by atoms with Gasteiger partial charge in [0.2, 0.25) is 0 Å². The third-order valence-corrected chi connectivity index (χ3v) is 2.27. The Morgan fingerprint density at radius 1 is 1.39 bits per heavy atom. The summed E-state index contributed by atoms with van der Waals surface area (Å²) in [5, 5.41) is 11.8. The molecule has 0 spiro atoms. The second-order valence-corrected chi connectivity index (χ2v) is 4.09. The third kappa shape index (κ3) is 4.33. The Kier molecular flexibility index (Phi) is 5.58. The molecule has 1 aromatic carbocycles. The molecule has 0 aliphatic heterocycles. The Morgan fingerprint density at radius 2 is 2.11 bits per heavy atom. The summed E-state index contributed by atoms with van der Waals surface area (Å²) >= 11 is 0. The van der Waals surface area contributed by atoms with Gasteiger partial charge >= 0.3 is 0 Å². The van der Waals surface area contributed by atoms with E-state index < -0.39 is 5.82 Å². The highest BCUT2D eigenvalue weighted by molar-refractivity contribution is 6.00. The van der Waals surface area contributed by atoms with Crippen molar-refractivity contribution in [1.82, 2.24) is 0 Å². The highest BCUT2D eigenvalue weighted by atomic mass is 19.1. The van der Waals surface area contributed by atoms with E-state index in [1.165, 1.54) is 18.2 Å². The van der Waals surface area contributed by atoms with Gasteiger partial charge in [0.25, 0.3) is 0 Å². The topological polar surface area (TPSA) is 51.1 Å². The molecular weight excluding hydrogens is 237 g/mol. The maximum absolute atomic E-state index is 13.1. The van der Waals surface area contributed by atoms with Gasteiger partial charge in [-0.3, -0.25) is 0 Å². The largest absolute Gasteiger partial charge is 0.490 e. The molecule has 4 nitrogen and oxygen atoms in total. The van der Waals surface area contributed by atoms with Gasteiger partial charge in [0, 0.05) is 5.56 Å². The number of hydrogen-bond acceptors (Lipinski definition) is 4. The summed E-state index contributed by atoms with van der Waals surface area (Å²) in [5.74, 6) is 0.0674. The number of rotatable bonds is 6. The lowest BCUT2D eigenvalue weighted by Gasteiger charge is -2.12. The number of benzene rings is 1. The Hall–Kier alpha value is -1.62. The molecule has 0 amide bonds. The molecule has 0 atom stereocenters. The molecule has 0 aliphatic carbocycles. The van der Waals surface area contributed by atoms with E-state index in [0.29, 0.717) is 30.2 Å². The van der Waals surface area contributed by atoms with Crippen LogP contribution in [0.3, 0.4) is 0 Å². The van der Waals surface area contributed by atoms with E-state index in [-0.39, 0.29) is 6.10 Å². The van der Waals surface area contributed by atoms with Gasteiger partial charge in [0.05, 0.1) is 18.4 Å². The minimum atomic E-state index is -0.404. The molecule has 1 N–H and O–H groups in total. The average molecular weight is 255 g/mol. The minimum absolute atomic E-state index is 0.141. The molecule has 100 valence electrons. The van der Waals surface area contributed by atoms with Crippen LogP contribution in [-0.2, 0) is 4.74 Å². The van der Waals surface area contributed by atoms with Crippen molar-refractivity contribution in [2.75, 3.05) is 13.2 Å². The SMILES string of the molecule is CC(=NO)c1cc(F)ccc1OCCOC(C)C. The summed E-state index contributed by atoms with van der Waals surface area (Å²) in [7, 11) is 0. The van der Waals surface area contributed by atoms with Crippen LogP contribution < -0.4 is 4.74 Å². The third-order valence-electron chi connectivity index (χ3n) is 2.27. The van der Waals surface area contributed by atoms with Crippen molar-refractivity contribution in [3.63, 3.8) is 0 Å². The molecule has 0 bridgehead atoms. The Balaban J connectivity index is 2.70. The number of halogens is 1.